The molecule has 19 heavy (non-hydrogen) atoms. The summed E-state index contributed by atoms with van der Waals surface area (Å²) in [5, 5.41) is 10.3. The maximum absolute atomic E-state index is 11.3. The lowest BCUT2D eigenvalue weighted by Crippen LogP contribution is -2.31. The number of aliphatic hydroxyl groups excluding tert-OH is 1. The van der Waals surface area contributed by atoms with Crippen LogP contribution in [-0.2, 0) is 0 Å². The van der Waals surface area contributed by atoms with Gasteiger partial charge in [0.2, 0.25) is 0 Å². The van der Waals surface area contributed by atoms with E-state index in [9.17, 15) is 9.90 Å². The van der Waals surface area contributed by atoms with Crippen molar-refractivity contribution >= 4 is 17.1 Å². The second kappa shape index (κ2) is 6.64. The molecular weight excluding hydrogens is 258 g/mol. The number of hydrogen-bond donors (Lipinski definition) is 2. The minimum absolute atomic E-state index is 0.0456. The number of ketones is 1. The van der Waals surface area contributed by atoms with Gasteiger partial charge in [-0.15, -0.1) is 11.3 Å². The molecule has 106 valence electrons. The normalized spacial score (nSPS) is 20.2. The molecule has 0 aliphatic heterocycles. The molecule has 0 radical (unpaired) electrons. The number of thiophene rings is 1. The van der Waals surface area contributed by atoms with Crippen molar-refractivity contribution in [2.75, 3.05) is 0 Å². The summed E-state index contributed by atoms with van der Waals surface area (Å²) in [6.45, 7) is 1.55. The van der Waals surface area contributed by atoms with E-state index in [1.807, 2.05) is 6.07 Å². The van der Waals surface area contributed by atoms with Gasteiger partial charge in [-0.25, -0.2) is 0 Å². The second-order valence-corrected chi connectivity index (χ2v) is 6.72. The Bertz CT molecular complexity index is 424. The largest absolute Gasteiger partial charge is 0.386 e. The van der Waals surface area contributed by atoms with Crippen LogP contribution in [0.5, 0.6) is 0 Å². The van der Waals surface area contributed by atoms with E-state index in [-0.39, 0.29) is 11.8 Å². The van der Waals surface area contributed by atoms with E-state index in [0.29, 0.717) is 10.8 Å². The molecule has 1 aromatic heterocycles. The lowest BCUT2D eigenvalue weighted by Gasteiger charge is -2.26. The number of nitrogens with two attached hydrogens (primary N) is 1. The van der Waals surface area contributed by atoms with E-state index in [4.69, 9.17) is 5.73 Å². The van der Waals surface area contributed by atoms with Gasteiger partial charge in [0.25, 0.3) is 0 Å². The molecule has 0 saturated heterocycles. The van der Waals surface area contributed by atoms with Gasteiger partial charge < -0.3 is 10.8 Å². The summed E-state index contributed by atoms with van der Waals surface area (Å²) in [5.41, 5.74) is 6.14. The number of hydrogen-bond acceptors (Lipinski definition) is 4. The maximum Gasteiger partial charge on any atom is 0.169 e. The Kier molecular flexibility index (Phi) is 5.13. The number of rotatable bonds is 5. The predicted molar refractivity (Wildman–Crippen MR) is 78.5 cm³/mol. The molecule has 2 rings (SSSR count). The monoisotopic (exact) mass is 281 g/mol. The number of Topliss-reactive ketones (excluding diaryl/α,β-unsaturated/α-hetero) is 1. The third kappa shape index (κ3) is 3.88. The fraction of sp³-hybridized carbons (Fsp3) is 0.667. The summed E-state index contributed by atoms with van der Waals surface area (Å²) in [6, 6.07) is 3.38. The van der Waals surface area contributed by atoms with Crippen molar-refractivity contribution in [3.05, 3.63) is 21.9 Å². The van der Waals surface area contributed by atoms with Crippen molar-refractivity contribution < 1.29 is 9.90 Å². The smallest absolute Gasteiger partial charge is 0.169 e. The average Bonchev–Trinajstić information content (AvgIpc) is 2.88. The maximum atomic E-state index is 11.3. The molecule has 0 bridgehead atoms. The number of carbonyl (C=O) groups is 1. The van der Waals surface area contributed by atoms with Crippen molar-refractivity contribution in [3.8, 4) is 0 Å². The van der Waals surface area contributed by atoms with Gasteiger partial charge in [-0.2, -0.15) is 0 Å². The van der Waals surface area contributed by atoms with Crippen LogP contribution in [0, 0.1) is 5.92 Å². The molecule has 1 aliphatic rings. The molecule has 1 fully saturated rings. The standard InChI is InChI=1S/C15H23NO2S/c1-10(17)13-7-8-14(19-13)15(18)12(16)9-11-5-3-2-4-6-11/h7-8,11-12,15,18H,2-6,9,16H2,1H3/t12-,15+/m0/s1. The van der Waals surface area contributed by atoms with Crippen LogP contribution in [-0.4, -0.2) is 16.9 Å². The molecule has 0 amide bonds. The number of carbonyl (C=O) groups excluding carboxylic acids is 1. The van der Waals surface area contributed by atoms with E-state index in [1.165, 1.54) is 43.4 Å². The first-order chi connectivity index (χ1) is 9.08. The van der Waals surface area contributed by atoms with E-state index in [0.717, 1.165) is 11.3 Å². The zero-order valence-corrected chi connectivity index (χ0v) is 12.3. The fourth-order valence-corrected chi connectivity index (χ4v) is 3.81. The zero-order valence-electron chi connectivity index (χ0n) is 11.5. The number of aliphatic hydroxyl groups is 1. The molecule has 1 saturated carbocycles. The molecule has 1 aromatic rings. The lowest BCUT2D eigenvalue weighted by molar-refractivity contribution is 0.102. The Balaban J connectivity index is 1.93. The fourth-order valence-electron chi connectivity index (χ4n) is 2.85. The molecule has 2 atom stereocenters. The Labute approximate surface area is 118 Å². The van der Waals surface area contributed by atoms with Crippen molar-refractivity contribution in [2.24, 2.45) is 11.7 Å². The summed E-state index contributed by atoms with van der Waals surface area (Å²) < 4.78 is 0. The highest BCUT2D eigenvalue weighted by atomic mass is 32.1. The summed E-state index contributed by atoms with van der Waals surface area (Å²) in [7, 11) is 0. The van der Waals surface area contributed by atoms with Crippen LogP contribution < -0.4 is 5.73 Å². The predicted octanol–water partition coefficient (Wildman–Crippen LogP) is 3.28. The molecule has 0 aromatic carbocycles. The molecule has 4 heteroatoms. The summed E-state index contributed by atoms with van der Waals surface area (Å²) in [6.07, 6.45) is 6.64. The highest BCUT2D eigenvalue weighted by Crippen LogP contribution is 2.32. The van der Waals surface area contributed by atoms with Gasteiger partial charge in [0.05, 0.1) is 4.88 Å². The first kappa shape index (κ1) is 14.7. The first-order valence-corrected chi connectivity index (χ1v) is 7.94. The van der Waals surface area contributed by atoms with Gasteiger partial charge in [-0.3, -0.25) is 4.79 Å². The SMILES string of the molecule is CC(=O)c1ccc([C@H](O)[C@@H](N)CC2CCCCC2)s1. The average molecular weight is 281 g/mol. The van der Waals surface area contributed by atoms with Gasteiger partial charge in [0, 0.05) is 10.9 Å². The second-order valence-electron chi connectivity index (χ2n) is 5.61. The van der Waals surface area contributed by atoms with E-state index >= 15 is 0 Å². The van der Waals surface area contributed by atoms with Crippen LogP contribution in [0.15, 0.2) is 12.1 Å². The van der Waals surface area contributed by atoms with Gasteiger partial charge in [0.15, 0.2) is 5.78 Å². The Morgan fingerprint density at radius 3 is 2.68 bits per heavy atom. The van der Waals surface area contributed by atoms with Crippen molar-refractivity contribution in [1.82, 2.24) is 0 Å². The minimum atomic E-state index is -0.639. The van der Waals surface area contributed by atoms with Gasteiger partial charge in [-0.05, 0) is 31.4 Å². The van der Waals surface area contributed by atoms with Crippen LogP contribution in [0.4, 0.5) is 0 Å². The summed E-state index contributed by atoms with van der Waals surface area (Å²) in [4.78, 5) is 12.8. The third-order valence-electron chi connectivity index (χ3n) is 4.00. The van der Waals surface area contributed by atoms with Crippen molar-refractivity contribution in [3.63, 3.8) is 0 Å². The van der Waals surface area contributed by atoms with Crippen LogP contribution in [0.25, 0.3) is 0 Å². The third-order valence-corrected chi connectivity index (χ3v) is 5.26. The molecule has 3 nitrogen and oxygen atoms in total. The Morgan fingerprint density at radius 2 is 2.11 bits per heavy atom. The lowest BCUT2D eigenvalue weighted by atomic mass is 9.84. The van der Waals surface area contributed by atoms with E-state index in [2.05, 4.69) is 0 Å². The summed E-state index contributed by atoms with van der Waals surface area (Å²) >= 11 is 1.36. The van der Waals surface area contributed by atoms with Crippen LogP contribution in [0.1, 0.15) is 66.1 Å². The zero-order chi connectivity index (χ0) is 13.8. The Hall–Kier alpha value is -0.710. The van der Waals surface area contributed by atoms with Gasteiger partial charge in [0.1, 0.15) is 6.10 Å². The van der Waals surface area contributed by atoms with E-state index < -0.39 is 6.10 Å². The molecule has 3 N–H and O–H groups in total. The molecule has 0 spiro atoms. The quantitative estimate of drug-likeness (QED) is 0.814. The van der Waals surface area contributed by atoms with Gasteiger partial charge >= 0.3 is 0 Å². The Morgan fingerprint density at radius 1 is 1.42 bits per heavy atom. The molecule has 1 aliphatic carbocycles. The minimum Gasteiger partial charge on any atom is -0.386 e. The molecule has 1 heterocycles. The topological polar surface area (TPSA) is 63.3 Å². The summed E-state index contributed by atoms with van der Waals surface area (Å²) in [5.74, 6) is 0.704. The van der Waals surface area contributed by atoms with Crippen LogP contribution in [0.3, 0.4) is 0 Å². The van der Waals surface area contributed by atoms with Gasteiger partial charge in [-0.1, -0.05) is 32.1 Å². The highest BCUT2D eigenvalue weighted by molar-refractivity contribution is 7.14. The molecule has 0 unspecified atom stereocenters. The van der Waals surface area contributed by atoms with Crippen LogP contribution >= 0.6 is 11.3 Å². The molecular formula is C15H23NO2S. The highest BCUT2D eigenvalue weighted by Gasteiger charge is 2.24. The van der Waals surface area contributed by atoms with Crippen molar-refractivity contribution in [1.29, 1.82) is 0 Å². The first-order valence-electron chi connectivity index (χ1n) is 7.12. The van der Waals surface area contributed by atoms with Crippen molar-refractivity contribution in [2.45, 2.75) is 57.6 Å². The van der Waals surface area contributed by atoms with Crippen LogP contribution in [0.2, 0.25) is 0 Å². The van der Waals surface area contributed by atoms with E-state index in [1.54, 1.807) is 13.0 Å².